The highest BCUT2D eigenvalue weighted by Crippen LogP contribution is 2.21. The second kappa shape index (κ2) is 3.51. The highest BCUT2D eigenvalue weighted by molar-refractivity contribution is 5.99. The number of benzene rings is 1. The minimum Gasteiger partial charge on any atom is -0.294 e. The predicted molar refractivity (Wildman–Crippen MR) is 42.5 cm³/mol. The molecule has 2 N–H and O–H groups in total. The van der Waals surface area contributed by atoms with Gasteiger partial charge in [-0.25, -0.2) is 4.39 Å². The maximum Gasteiger partial charge on any atom is 0.165 e. The first-order valence-electron chi connectivity index (χ1n) is 3.51. The number of anilines is 1. The van der Waals surface area contributed by atoms with Crippen LogP contribution in [0.15, 0.2) is 18.2 Å². The zero-order chi connectivity index (χ0) is 10.0. The zero-order valence-electron chi connectivity index (χ0n) is 6.86. The molecule has 0 amide bonds. The molecule has 1 aromatic carbocycles. The molecule has 0 saturated heterocycles. The van der Waals surface area contributed by atoms with E-state index in [1.165, 1.54) is 12.1 Å². The Balaban J connectivity index is 3.34. The Hall–Kier alpha value is -1.46. The Bertz CT molecular complexity index is 338. The molecule has 0 atom stereocenters. The third-order valence-electron chi connectivity index (χ3n) is 1.56. The van der Waals surface area contributed by atoms with E-state index in [1.54, 1.807) is 0 Å². The molecular formula is C8H8FNO3. The van der Waals surface area contributed by atoms with Gasteiger partial charge in [0.05, 0.1) is 5.56 Å². The fourth-order valence-electron chi connectivity index (χ4n) is 1.03. The highest BCUT2D eigenvalue weighted by Gasteiger charge is 2.15. The van der Waals surface area contributed by atoms with Crippen LogP contribution in [0.2, 0.25) is 0 Å². The first-order chi connectivity index (χ1) is 6.04. The van der Waals surface area contributed by atoms with Gasteiger partial charge in [0.25, 0.3) is 0 Å². The number of hydrogen-bond acceptors (Lipinski definition) is 4. The summed E-state index contributed by atoms with van der Waals surface area (Å²) in [6.07, 6.45) is 0. The first kappa shape index (κ1) is 9.63. The van der Waals surface area contributed by atoms with Crippen molar-refractivity contribution in [2.45, 2.75) is 6.92 Å². The largest absolute Gasteiger partial charge is 0.294 e. The van der Waals surface area contributed by atoms with Crippen molar-refractivity contribution in [3.63, 3.8) is 0 Å². The number of Topliss-reactive ketones (excluding diaryl/α,β-unsaturated/α-hetero) is 1. The van der Waals surface area contributed by atoms with Gasteiger partial charge in [-0.1, -0.05) is 6.07 Å². The van der Waals surface area contributed by atoms with Gasteiger partial charge in [-0.15, -0.1) is 5.23 Å². The molecule has 0 heterocycles. The van der Waals surface area contributed by atoms with E-state index in [-0.39, 0.29) is 16.5 Å². The summed E-state index contributed by atoms with van der Waals surface area (Å²) in [7, 11) is 0. The van der Waals surface area contributed by atoms with Gasteiger partial charge in [-0.05, 0) is 19.1 Å². The Kier molecular flexibility index (Phi) is 2.60. The van der Waals surface area contributed by atoms with Crippen molar-refractivity contribution in [1.29, 1.82) is 0 Å². The van der Waals surface area contributed by atoms with Crippen molar-refractivity contribution in [2.75, 3.05) is 5.23 Å². The number of nitrogens with zero attached hydrogens (tertiary/aromatic N) is 1. The fourth-order valence-corrected chi connectivity index (χ4v) is 1.03. The van der Waals surface area contributed by atoms with Crippen LogP contribution in [0.1, 0.15) is 17.3 Å². The van der Waals surface area contributed by atoms with E-state index in [9.17, 15) is 9.18 Å². The summed E-state index contributed by atoms with van der Waals surface area (Å²) in [5.74, 6) is -1.35. The summed E-state index contributed by atoms with van der Waals surface area (Å²) in [5, 5.41) is 17.0. The van der Waals surface area contributed by atoms with Crippen LogP contribution in [0.4, 0.5) is 10.1 Å². The van der Waals surface area contributed by atoms with Gasteiger partial charge in [-0.2, -0.15) is 0 Å². The lowest BCUT2D eigenvalue weighted by Gasteiger charge is -2.11. The minimum atomic E-state index is -0.780. The number of ketones is 1. The standard InChI is InChI=1S/C8H8FNO3/c1-5(11)8-6(9)3-2-4-7(8)10(12)13/h2-4,12-13H,1H3. The van der Waals surface area contributed by atoms with E-state index < -0.39 is 11.6 Å². The second-order valence-electron chi connectivity index (χ2n) is 2.48. The van der Waals surface area contributed by atoms with Crippen molar-refractivity contribution in [2.24, 2.45) is 0 Å². The molecule has 0 unspecified atom stereocenters. The lowest BCUT2D eigenvalue weighted by atomic mass is 10.1. The van der Waals surface area contributed by atoms with Gasteiger partial charge in [-0.3, -0.25) is 15.2 Å². The van der Waals surface area contributed by atoms with Crippen LogP contribution in [0.25, 0.3) is 0 Å². The number of carbonyl (C=O) groups is 1. The zero-order valence-corrected chi connectivity index (χ0v) is 6.86. The van der Waals surface area contributed by atoms with E-state index in [0.717, 1.165) is 13.0 Å². The summed E-state index contributed by atoms with van der Waals surface area (Å²) < 4.78 is 13.0. The number of rotatable bonds is 2. The van der Waals surface area contributed by atoms with Crippen LogP contribution in [-0.4, -0.2) is 16.2 Å². The Morgan fingerprint density at radius 2 is 2.08 bits per heavy atom. The maximum absolute atomic E-state index is 13.0. The molecule has 4 nitrogen and oxygen atoms in total. The molecule has 0 spiro atoms. The van der Waals surface area contributed by atoms with Crippen molar-refractivity contribution < 1.29 is 19.6 Å². The molecule has 5 heteroatoms. The molecule has 0 aliphatic rings. The average Bonchev–Trinajstić information content (AvgIpc) is 2.02. The Morgan fingerprint density at radius 1 is 1.46 bits per heavy atom. The van der Waals surface area contributed by atoms with Gasteiger partial charge >= 0.3 is 0 Å². The van der Waals surface area contributed by atoms with E-state index in [0.29, 0.717) is 0 Å². The monoisotopic (exact) mass is 185 g/mol. The fraction of sp³-hybridized carbons (Fsp3) is 0.125. The van der Waals surface area contributed by atoms with Gasteiger partial charge in [0, 0.05) is 0 Å². The third kappa shape index (κ3) is 1.82. The van der Waals surface area contributed by atoms with Crippen LogP contribution >= 0.6 is 0 Å². The van der Waals surface area contributed by atoms with Crippen LogP contribution in [-0.2, 0) is 0 Å². The summed E-state index contributed by atoms with van der Waals surface area (Å²) in [4.78, 5) is 10.9. The molecule has 13 heavy (non-hydrogen) atoms. The molecular weight excluding hydrogens is 177 g/mol. The molecule has 0 saturated carbocycles. The smallest absolute Gasteiger partial charge is 0.165 e. The average molecular weight is 185 g/mol. The van der Waals surface area contributed by atoms with Gasteiger partial charge < -0.3 is 0 Å². The molecule has 0 fully saturated rings. The van der Waals surface area contributed by atoms with Crippen molar-refractivity contribution in [3.05, 3.63) is 29.6 Å². The summed E-state index contributed by atoms with van der Waals surface area (Å²) in [6.45, 7) is 1.14. The van der Waals surface area contributed by atoms with Crippen LogP contribution in [0.3, 0.4) is 0 Å². The summed E-state index contributed by atoms with van der Waals surface area (Å²) >= 11 is 0. The summed E-state index contributed by atoms with van der Waals surface area (Å²) in [5.41, 5.74) is -0.611. The Morgan fingerprint density at radius 3 is 2.46 bits per heavy atom. The van der Waals surface area contributed by atoms with Crippen molar-refractivity contribution in [3.8, 4) is 0 Å². The van der Waals surface area contributed by atoms with Crippen LogP contribution < -0.4 is 5.23 Å². The minimum absolute atomic E-state index is 0.271. The summed E-state index contributed by atoms with van der Waals surface area (Å²) in [6, 6.07) is 3.57. The van der Waals surface area contributed by atoms with E-state index in [1.807, 2.05) is 0 Å². The van der Waals surface area contributed by atoms with Crippen molar-refractivity contribution >= 4 is 11.5 Å². The number of hydrogen-bond donors (Lipinski definition) is 2. The molecule has 0 aliphatic heterocycles. The number of carbonyl (C=O) groups excluding carboxylic acids is 1. The van der Waals surface area contributed by atoms with E-state index in [4.69, 9.17) is 10.4 Å². The van der Waals surface area contributed by atoms with Gasteiger partial charge in [0.15, 0.2) is 5.78 Å². The molecule has 0 radical (unpaired) electrons. The second-order valence-corrected chi connectivity index (χ2v) is 2.48. The molecule has 1 aromatic rings. The Labute approximate surface area is 73.7 Å². The molecule has 70 valence electrons. The quantitative estimate of drug-likeness (QED) is 0.542. The van der Waals surface area contributed by atoms with E-state index >= 15 is 0 Å². The number of halogens is 1. The SMILES string of the molecule is CC(=O)c1c(F)cccc1N(O)O. The lowest BCUT2D eigenvalue weighted by molar-refractivity contribution is 0.0283. The van der Waals surface area contributed by atoms with Crippen molar-refractivity contribution in [1.82, 2.24) is 0 Å². The van der Waals surface area contributed by atoms with Crippen LogP contribution in [0, 0.1) is 5.82 Å². The maximum atomic E-state index is 13.0. The first-order valence-corrected chi connectivity index (χ1v) is 3.51. The predicted octanol–water partition coefficient (Wildman–Crippen LogP) is 1.61. The molecule has 1 rings (SSSR count). The molecule has 0 aliphatic carbocycles. The molecule has 0 aromatic heterocycles. The third-order valence-corrected chi connectivity index (χ3v) is 1.56. The molecule has 0 bridgehead atoms. The highest BCUT2D eigenvalue weighted by atomic mass is 19.1. The van der Waals surface area contributed by atoms with Gasteiger partial charge in [0.1, 0.15) is 11.5 Å². The normalized spacial score (nSPS) is 9.85. The van der Waals surface area contributed by atoms with Gasteiger partial charge in [0.2, 0.25) is 0 Å². The topological polar surface area (TPSA) is 60.8 Å². The van der Waals surface area contributed by atoms with Crippen LogP contribution in [0.5, 0.6) is 0 Å². The lowest BCUT2D eigenvalue weighted by Crippen LogP contribution is -2.15. The van der Waals surface area contributed by atoms with E-state index in [2.05, 4.69) is 0 Å².